The number of esters is 1. The first-order valence-corrected chi connectivity index (χ1v) is 11.3. The van der Waals surface area contributed by atoms with Crippen molar-refractivity contribution in [3.05, 3.63) is 78.0 Å². The molecule has 0 unspecified atom stereocenters. The van der Waals surface area contributed by atoms with E-state index in [-0.39, 0.29) is 18.4 Å². The lowest BCUT2D eigenvalue weighted by Gasteiger charge is -2.28. The summed E-state index contributed by atoms with van der Waals surface area (Å²) >= 11 is 1.63. The van der Waals surface area contributed by atoms with Gasteiger partial charge in [-0.05, 0) is 42.0 Å². The van der Waals surface area contributed by atoms with Crippen LogP contribution in [0.4, 0.5) is 21.9 Å². The zero-order valence-corrected chi connectivity index (χ0v) is 18.7. The van der Waals surface area contributed by atoms with Crippen LogP contribution >= 0.6 is 11.8 Å². The summed E-state index contributed by atoms with van der Waals surface area (Å²) in [5, 5.41) is 6.49. The summed E-state index contributed by atoms with van der Waals surface area (Å²) in [6, 6.07) is 17.2. The number of aromatic nitrogens is 1. The predicted molar refractivity (Wildman–Crippen MR) is 128 cm³/mol. The number of nitrogens with one attached hydrogen (secondary N) is 2. The molecule has 1 aliphatic rings. The number of fused-ring (bicyclic) bond motifs is 1. The van der Waals surface area contributed by atoms with E-state index in [9.17, 15) is 14.4 Å². The number of benzene rings is 2. The van der Waals surface area contributed by atoms with Crippen LogP contribution < -0.4 is 15.5 Å². The number of urea groups is 1. The Morgan fingerprint density at radius 2 is 1.82 bits per heavy atom. The summed E-state index contributed by atoms with van der Waals surface area (Å²) in [4.78, 5) is 43.1. The van der Waals surface area contributed by atoms with Crippen molar-refractivity contribution < 1.29 is 19.1 Å². The summed E-state index contributed by atoms with van der Waals surface area (Å²) in [7, 11) is 1.29. The van der Waals surface area contributed by atoms with Crippen molar-refractivity contribution >= 4 is 46.7 Å². The number of thioether (sulfide) groups is 1. The second-order valence-electron chi connectivity index (χ2n) is 7.22. The zero-order chi connectivity index (χ0) is 23.2. The monoisotopic (exact) mass is 462 g/mol. The van der Waals surface area contributed by atoms with Crippen LogP contribution in [0, 0.1) is 0 Å². The first kappa shape index (κ1) is 22.3. The number of anilines is 3. The Kier molecular flexibility index (Phi) is 6.89. The summed E-state index contributed by atoms with van der Waals surface area (Å²) in [5.74, 6) is -0.000298. The normalized spacial score (nSPS) is 12.5. The smallest absolute Gasteiger partial charge is 0.339 e. The minimum absolute atomic E-state index is 0.117. The van der Waals surface area contributed by atoms with Crippen LogP contribution in [0.25, 0.3) is 0 Å². The standard InChI is InChI=1S/C24H22N4O4S/c1-32-23(30)18-5-2-3-6-19(18)27-21(29)15-16-8-10-17(11-9-16)26-24(31)28-13-14-33-22-20(28)7-4-12-25-22/h2-12H,13-15H2,1H3,(H,26,31)(H,27,29). The van der Waals surface area contributed by atoms with Crippen molar-refractivity contribution in [1.82, 2.24) is 4.98 Å². The Bertz CT molecular complexity index is 1180. The Morgan fingerprint density at radius 3 is 2.61 bits per heavy atom. The van der Waals surface area contributed by atoms with Crippen LogP contribution in [0.1, 0.15) is 15.9 Å². The zero-order valence-electron chi connectivity index (χ0n) is 17.9. The van der Waals surface area contributed by atoms with E-state index >= 15 is 0 Å². The number of hydrogen-bond acceptors (Lipinski definition) is 6. The maximum Gasteiger partial charge on any atom is 0.339 e. The van der Waals surface area contributed by atoms with Gasteiger partial charge in [0.05, 0.1) is 30.5 Å². The van der Waals surface area contributed by atoms with Gasteiger partial charge in [-0.1, -0.05) is 24.3 Å². The predicted octanol–water partition coefficient (Wildman–Crippen LogP) is 4.19. The maximum atomic E-state index is 12.8. The molecule has 4 rings (SSSR count). The van der Waals surface area contributed by atoms with Gasteiger partial charge in [-0.15, -0.1) is 11.8 Å². The molecule has 0 radical (unpaired) electrons. The molecule has 0 saturated heterocycles. The quantitative estimate of drug-likeness (QED) is 0.552. The molecule has 168 valence electrons. The highest BCUT2D eigenvalue weighted by molar-refractivity contribution is 7.99. The summed E-state index contributed by atoms with van der Waals surface area (Å²) in [6.07, 6.45) is 1.84. The molecule has 2 heterocycles. The van der Waals surface area contributed by atoms with E-state index in [0.717, 1.165) is 22.0 Å². The molecular formula is C24H22N4O4S. The fourth-order valence-electron chi connectivity index (χ4n) is 3.42. The van der Waals surface area contributed by atoms with Gasteiger partial charge < -0.3 is 15.4 Å². The van der Waals surface area contributed by atoms with E-state index in [0.29, 0.717) is 23.5 Å². The number of hydrogen-bond donors (Lipinski definition) is 2. The molecule has 3 amide bonds. The Morgan fingerprint density at radius 1 is 1.03 bits per heavy atom. The second kappa shape index (κ2) is 10.2. The fourth-order valence-corrected chi connectivity index (χ4v) is 4.35. The second-order valence-corrected chi connectivity index (χ2v) is 8.30. The number of para-hydroxylation sites is 1. The van der Waals surface area contributed by atoms with Gasteiger partial charge in [0.25, 0.3) is 0 Å². The third kappa shape index (κ3) is 5.32. The third-order valence-electron chi connectivity index (χ3n) is 5.02. The van der Waals surface area contributed by atoms with Crippen LogP contribution in [0.5, 0.6) is 0 Å². The van der Waals surface area contributed by atoms with Gasteiger partial charge in [0.15, 0.2) is 0 Å². The summed E-state index contributed by atoms with van der Waals surface area (Å²) in [5.41, 5.74) is 2.88. The van der Waals surface area contributed by atoms with Gasteiger partial charge in [0, 0.05) is 24.2 Å². The van der Waals surface area contributed by atoms with E-state index in [2.05, 4.69) is 15.6 Å². The van der Waals surface area contributed by atoms with E-state index in [1.54, 1.807) is 71.4 Å². The molecule has 0 saturated carbocycles. The molecule has 2 aromatic carbocycles. The SMILES string of the molecule is COC(=O)c1ccccc1NC(=O)Cc1ccc(NC(=O)N2CCSc3ncccc32)cc1. The van der Waals surface area contributed by atoms with Crippen LogP contribution in [-0.2, 0) is 16.0 Å². The lowest BCUT2D eigenvalue weighted by Crippen LogP contribution is -2.38. The Labute approximate surface area is 195 Å². The molecule has 9 heteroatoms. The minimum Gasteiger partial charge on any atom is -0.465 e. The number of pyridine rings is 1. The molecule has 0 fully saturated rings. The molecule has 33 heavy (non-hydrogen) atoms. The molecule has 0 bridgehead atoms. The summed E-state index contributed by atoms with van der Waals surface area (Å²) in [6.45, 7) is 0.598. The Hall–Kier alpha value is -3.85. The minimum atomic E-state index is -0.517. The number of amides is 3. The topological polar surface area (TPSA) is 101 Å². The first-order valence-electron chi connectivity index (χ1n) is 10.3. The number of carbonyl (C=O) groups excluding carboxylic acids is 3. The first-order chi connectivity index (χ1) is 16.0. The lowest BCUT2D eigenvalue weighted by molar-refractivity contribution is -0.115. The molecule has 0 aliphatic carbocycles. The lowest BCUT2D eigenvalue weighted by atomic mass is 10.1. The maximum absolute atomic E-state index is 12.8. The van der Waals surface area contributed by atoms with Gasteiger partial charge >= 0.3 is 12.0 Å². The number of nitrogens with zero attached hydrogens (tertiary/aromatic N) is 2. The Balaban J connectivity index is 1.37. The van der Waals surface area contributed by atoms with Gasteiger partial charge in [-0.2, -0.15) is 0 Å². The van der Waals surface area contributed by atoms with E-state index in [4.69, 9.17) is 4.74 Å². The molecule has 0 spiro atoms. The molecule has 8 nitrogen and oxygen atoms in total. The fraction of sp³-hybridized carbons (Fsp3) is 0.167. The van der Waals surface area contributed by atoms with Crippen LogP contribution in [0.3, 0.4) is 0 Å². The van der Waals surface area contributed by atoms with Crippen molar-refractivity contribution in [2.24, 2.45) is 0 Å². The van der Waals surface area contributed by atoms with Gasteiger partial charge in [-0.3, -0.25) is 9.69 Å². The number of ether oxygens (including phenoxy) is 1. The molecular weight excluding hydrogens is 440 g/mol. The highest BCUT2D eigenvalue weighted by Crippen LogP contribution is 2.32. The van der Waals surface area contributed by atoms with Gasteiger partial charge in [-0.25, -0.2) is 14.6 Å². The van der Waals surface area contributed by atoms with Gasteiger partial charge in [0.1, 0.15) is 5.03 Å². The van der Waals surface area contributed by atoms with Gasteiger partial charge in [0.2, 0.25) is 5.91 Å². The van der Waals surface area contributed by atoms with Crippen molar-refractivity contribution in [2.75, 3.05) is 34.9 Å². The number of methoxy groups -OCH3 is 1. The van der Waals surface area contributed by atoms with E-state index < -0.39 is 5.97 Å². The van der Waals surface area contributed by atoms with Crippen molar-refractivity contribution in [2.45, 2.75) is 11.4 Å². The molecule has 1 aliphatic heterocycles. The van der Waals surface area contributed by atoms with Crippen molar-refractivity contribution in [1.29, 1.82) is 0 Å². The van der Waals surface area contributed by atoms with E-state index in [1.807, 2.05) is 12.1 Å². The highest BCUT2D eigenvalue weighted by Gasteiger charge is 2.23. The third-order valence-corrected chi connectivity index (χ3v) is 5.99. The molecule has 2 N–H and O–H groups in total. The molecule has 3 aromatic rings. The van der Waals surface area contributed by atoms with Crippen molar-refractivity contribution in [3.63, 3.8) is 0 Å². The highest BCUT2D eigenvalue weighted by atomic mass is 32.2. The largest absolute Gasteiger partial charge is 0.465 e. The van der Waals surface area contributed by atoms with Crippen molar-refractivity contribution in [3.8, 4) is 0 Å². The van der Waals surface area contributed by atoms with E-state index in [1.165, 1.54) is 7.11 Å². The summed E-state index contributed by atoms with van der Waals surface area (Å²) < 4.78 is 4.75. The average Bonchev–Trinajstić information content (AvgIpc) is 2.84. The number of rotatable bonds is 5. The molecule has 1 aromatic heterocycles. The molecule has 0 atom stereocenters. The van der Waals surface area contributed by atoms with Crippen LogP contribution in [-0.4, -0.2) is 42.3 Å². The average molecular weight is 463 g/mol. The number of carbonyl (C=O) groups is 3. The van der Waals surface area contributed by atoms with Crippen LogP contribution in [0.2, 0.25) is 0 Å². The van der Waals surface area contributed by atoms with Crippen LogP contribution in [0.15, 0.2) is 71.9 Å².